The molecule has 0 aromatic heterocycles. The van der Waals surface area contributed by atoms with Gasteiger partial charge in [-0.3, -0.25) is 4.79 Å². The summed E-state index contributed by atoms with van der Waals surface area (Å²) in [6.45, 7) is 1.67. The van der Waals surface area contributed by atoms with E-state index in [1.807, 2.05) is 0 Å². The molecule has 0 bridgehead atoms. The van der Waals surface area contributed by atoms with Gasteiger partial charge in [0.15, 0.2) is 0 Å². The Morgan fingerprint density at radius 1 is 1.62 bits per heavy atom. The summed E-state index contributed by atoms with van der Waals surface area (Å²) in [6.07, 6.45) is 0. The van der Waals surface area contributed by atoms with Crippen LogP contribution in [-0.2, 0) is 4.79 Å². The summed E-state index contributed by atoms with van der Waals surface area (Å²) in [7, 11) is 1.47. The SMILES string of the molecule is COc1ccc(F)c(NC(=O)C(C)CCl)c1. The highest BCUT2D eigenvalue weighted by Crippen LogP contribution is 2.21. The summed E-state index contributed by atoms with van der Waals surface area (Å²) >= 11 is 5.53. The molecule has 0 aliphatic carbocycles. The molecule has 0 aliphatic heterocycles. The van der Waals surface area contributed by atoms with Crippen LogP contribution in [0.1, 0.15) is 6.92 Å². The molecule has 0 saturated carbocycles. The zero-order valence-corrected chi connectivity index (χ0v) is 9.84. The number of ether oxygens (including phenoxy) is 1. The van der Waals surface area contributed by atoms with Gasteiger partial charge in [0.25, 0.3) is 0 Å². The van der Waals surface area contributed by atoms with Gasteiger partial charge in [-0.05, 0) is 12.1 Å². The summed E-state index contributed by atoms with van der Waals surface area (Å²) in [4.78, 5) is 11.5. The zero-order valence-electron chi connectivity index (χ0n) is 9.09. The first-order valence-corrected chi connectivity index (χ1v) is 5.32. The number of carbonyl (C=O) groups is 1. The lowest BCUT2D eigenvalue weighted by atomic mass is 10.2. The molecule has 1 unspecified atom stereocenters. The fraction of sp³-hybridized carbons (Fsp3) is 0.364. The lowest BCUT2D eigenvalue weighted by Gasteiger charge is -2.11. The topological polar surface area (TPSA) is 38.3 Å². The third kappa shape index (κ3) is 3.10. The normalized spacial score (nSPS) is 12.0. The average molecular weight is 246 g/mol. The van der Waals surface area contributed by atoms with E-state index in [1.165, 1.54) is 25.3 Å². The quantitative estimate of drug-likeness (QED) is 0.829. The summed E-state index contributed by atoms with van der Waals surface area (Å²) < 4.78 is 18.3. The predicted molar refractivity (Wildman–Crippen MR) is 61.5 cm³/mol. The van der Waals surface area contributed by atoms with Crippen molar-refractivity contribution in [3.8, 4) is 5.75 Å². The molecule has 0 saturated heterocycles. The lowest BCUT2D eigenvalue weighted by molar-refractivity contribution is -0.118. The van der Waals surface area contributed by atoms with E-state index >= 15 is 0 Å². The van der Waals surface area contributed by atoms with Crippen molar-refractivity contribution in [2.24, 2.45) is 5.92 Å². The third-order valence-electron chi connectivity index (χ3n) is 2.11. The Morgan fingerprint density at radius 2 is 2.31 bits per heavy atom. The smallest absolute Gasteiger partial charge is 0.228 e. The number of rotatable bonds is 4. The molecule has 88 valence electrons. The molecule has 0 spiro atoms. The number of hydrogen-bond acceptors (Lipinski definition) is 2. The number of anilines is 1. The zero-order chi connectivity index (χ0) is 12.1. The van der Waals surface area contributed by atoms with E-state index in [2.05, 4.69) is 5.32 Å². The van der Waals surface area contributed by atoms with Gasteiger partial charge in [-0.25, -0.2) is 4.39 Å². The van der Waals surface area contributed by atoms with Crippen molar-refractivity contribution < 1.29 is 13.9 Å². The van der Waals surface area contributed by atoms with Crippen molar-refractivity contribution in [3.63, 3.8) is 0 Å². The minimum Gasteiger partial charge on any atom is -0.497 e. The van der Waals surface area contributed by atoms with Crippen molar-refractivity contribution in [2.75, 3.05) is 18.3 Å². The molecular weight excluding hydrogens is 233 g/mol. The van der Waals surface area contributed by atoms with E-state index in [4.69, 9.17) is 16.3 Å². The average Bonchev–Trinajstić information content (AvgIpc) is 2.30. The molecule has 1 aromatic rings. The number of nitrogens with one attached hydrogen (secondary N) is 1. The molecule has 1 aromatic carbocycles. The summed E-state index contributed by atoms with van der Waals surface area (Å²) in [5.41, 5.74) is 0.0984. The maximum Gasteiger partial charge on any atom is 0.228 e. The highest BCUT2D eigenvalue weighted by atomic mass is 35.5. The van der Waals surface area contributed by atoms with Crippen LogP contribution in [0.4, 0.5) is 10.1 Å². The monoisotopic (exact) mass is 245 g/mol. The van der Waals surface area contributed by atoms with Crippen LogP contribution in [0, 0.1) is 11.7 Å². The second kappa shape index (κ2) is 5.70. The van der Waals surface area contributed by atoms with E-state index in [0.29, 0.717) is 5.75 Å². The molecule has 5 heteroatoms. The van der Waals surface area contributed by atoms with Crippen LogP contribution >= 0.6 is 11.6 Å². The van der Waals surface area contributed by atoms with Gasteiger partial charge in [-0.1, -0.05) is 6.92 Å². The predicted octanol–water partition coefficient (Wildman–Crippen LogP) is 2.65. The Labute approximate surface area is 98.5 Å². The summed E-state index contributed by atoms with van der Waals surface area (Å²) in [5.74, 6) is -0.516. The minimum absolute atomic E-state index is 0.0984. The molecule has 0 heterocycles. The van der Waals surface area contributed by atoms with E-state index in [0.717, 1.165) is 0 Å². The van der Waals surface area contributed by atoms with Crippen molar-refractivity contribution in [3.05, 3.63) is 24.0 Å². The maximum atomic E-state index is 13.3. The summed E-state index contributed by atoms with van der Waals surface area (Å²) in [5, 5.41) is 2.46. The number of hydrogen-bond donors (Lipinski definition) is 1. The maximum absolute atomic E-state index is 13.3. The van der Waals surface area contributed by atoms with Crippen LogP contribution in [0.25, 0.3) is 0 Å². The van der Waals surface area contributed by atoms with Gasteiger partial charge in [0.2, 0.25) is 5.91 Å². The molecule has 3 nitrogen and oxygen atoms in total. The Kier molecular flexibility index (Phi) is 4.55. The molecular formula is C11H13ClFNO2. The Morgan fingerprint density at radius 3 is 2.88 bits per heavy atom. The van der Waals surface area contributed by atoms with Crippen LogP contribution in [0.15, 0.2) is 18.2 Å². The number of methoxy groups -OCH3 is 1. The van der Waals surface area contributed by atoms with Crippen LogP contribution in [-0.4, -0.2) is 18.9 Å². The van der Waals surface area contributed by atoms with Crippen molar-refractivity contribution in [1.82, 2.24) is 0 Å². The first-order chi connectivity index (χ1) is 7.58. The van der Waals surface area contributed by atoms with E-state index in [1.54, 1.807) is 6.92 Å². The molecule has 1 atom stereocenters. The van der Waals surface area contributed by atoms with Crippen LogP contribution in [0.5, 0.6) is 5.75 Å². The van der Waals surface area contributed by atoms with Crippen LogP contribution in [0.3, 0.4) is 0 Å². The highest BCUT2D eigenvalue weighted by molar-refractivity contribution is 6.19. The molecule has 0 aliphatic rings. The number of halogens is 2. The summed E-state index contributed by atoms with van der Waals surface area (Å²) in [6, 6.07) is 4.14. The van der Waals surface area contributed by atoms with Crippen LogP contribution < -0.4 is 10.1 Å². The molecule has 16 heavy (non-hydrogen) atoms. The fourth-order valence-corrected chi connectivity index (χ4v) is 1.19. The van der Waals surface area contributed by atoms with Crippen LogP contribution in [0.2, 0.25) is 0 Å². The second-order valence-electron chi connectivity index (χ2n) is 3.39. The molecule has 0 fully saturated rings. The van der Waals surface area contributed by atoms with Crippen molar-refractivity contribution >= 4 is 23.2 Å². The lowest BCUT2D eigenvalue weighted by Crippen LogP contribution is -2.22. The van der Waals surface area contributed by atoms with Gasteiger partial charge in [-0.15, -0.1) is 11.6 Å². The van der Waals surface area contributed by atoms with Gasteiger partial charge in [0, 0.05) is 17.9 Å². The fourth-order valence-electron chi connectivity index (χ4n) is 1.05. The Bertz CT molecular complexity index is 384. The molecule has 1 amide bonds. The number of alkyl halides is 1. The van der Waals surface area contributed by atoms with E-state index < -0.39 is 5.82 Å². The molecule has 0 radical (unpaired) electrons. The van der Waals surface area contributed by atoms with Crippen molar-refractivity contribution in [1.29, 1.82) is 0 Å². The number of benzene rings is 1. The van der Waals surface area contributed by atoms with Gasteiger partial charge in [0.1, 0.15) is 11.6 Å². The molecule has 1 rings (SSSR count). The minimum atomic E-state index is -0.504. The van der Waals surface area contributed by atoms with E-state index in [9.17, 15) is 9.18 Å². The Hall–Kier alpha value is -1.29. The number of carbonyl (C=O) groups excluding carboxylic acids is 1. The van der Waals surface area contributed by atoms with Gasteiger partial charge in [0.05, 0.1) is 12.8 Å². The molecule has 1 N–H and O–H groups in total. The Balaban J connectivity index is 2.83. The third-order valence-corrected chi connectivity index (χ3v) is 2.57. The first-order valence-electron chi connectivity index (χ1n) is 4.79. The van der Waals surface area contributed by atoms with Crippen molar-refractivity contribution in [2.45, 2.75) is 6.92 Å². The second-order valence-corrected chi connectivity index (χ2v) is 3.70. The van der Waals surface area contributed by atoms with Gasteiger partial charge >= 0.3 is 0 Å². The van der Waals surface area contributed by atoms with Gasteiger partial charge < -0.3 is 10.1 Å². The number of amides is 1. The van der Waals surface area contributed by atoms with Gasteiger partial charge in [-0.2, -0.15) is 0 Å². The van der Waals surface area contributed by atoms with E-state index in [-0.39, 0.29) is 23.4 Å². The largest absolute Gasteiger partial charge is 0.497 e. The standard InChI is InChI=1S/C11H13ClFNO2/c1-7(6-12)11(15)14-10-5-8(16-2)3-4-9(10)13/h3-5,7H,6H2,1-2H3,(H,14,15). The highest BCUT2D eigenvalue weighted by Gasteiger charge is 2.14. The first kappa shape index (κ1) is 12.8.